The zero-order valence-electron chi connectivity index (χ0n) is 17.4. The molecule has 1 aliphatic rings. The normalized spacial score (nSPS) is 15.2. The van der Waals surface area contributed by atoms with Crippen LogP contribution in [-0.2, 0) is 0 Å². The molecule has 1 aromatic carbocycles. The van der Waals surface area contributed by atoms with E-state index in [0.29, 0.717) is 22.6 Å². The van der Waals surface area contributed by atoms with Crippen molar-refractivity contribution in [1.82, 2.24) is 9.97 Å². The smallest absolute Gasteiger partial charge is 0.196 e. The molecule has 0 radical (unpaired) electrons. The number of benzene rings is 1. The van der Waals surface area contributed by atoms with Crippen LogP contribution >= 0.6 is 11.3 Å². The Morgan fingerprint density at radius 3 is 2.68 bits per heavy atom. The molecule has 2 N–H and O–H groups in total. The highest BCUT2D eigenvalue weighted by atomic mass is 32.1. The van der Waals surface area contributed by atoms with Crippen LogP contribution in [0.5, 0.6) is 5.75 Å². The maximum Gasteiger partial charge on any atom is 0.196 e. The second kappa shape index (κ2) is 7.56. The van der Waals surface area contributed by atoms with Crippen molar-refractivity contribution in [3.63, 3.8) is 0 Å². The maximum atomic E-state index is 13.4. The van der Waals surface area contributed by atoms with Crippen molar-refractivity contribution in [2.75, 3.05) is 7.11 Å². The van der Waals surface area contributed by atoms with Gasteiger partial charge in [0.2, 0.25) is 0 Å². The fraction of sp³-hybridized carbons (Fsp3) is 0.120. The van der Waals surface area contributed by atoms with Gasteiger partial charge in [-0.1, -0.05) is 18.2 Å². The third-order valence-electron chi connectivity index (χ3n) is 5.42. The number of aromatic nitrogens is 2. The Balaban J connectivity index is 1.78. The number of ketones is 1. The van der Waals surface area contributed by atoms with E-state index in [9.17, 15) is 4.79 Å². The summed E-state index contributed by atoms with van der Waals surface area (Å²) in [4.78, 5) is 25.0. The standard InChI is InChI=1S/C25H21N3O2S/c1-14-10-15(2)26-19(14)11-20-22(30-3)12-21(27-20)24-23(25(29)16-8-9-31-13-16)17-6-4-5-7-18(17)28-24/h4-13,26-27H,1-3H3/b20-11-,24-21-. The summed E-state index contributed by atoms with van der Waals surface area (Å²) in [6.07, 6.45) is 2.02. The number of aromatic amines is 2. The van der Waals surface area contributed by atoms with E-state index in [1.807, 2.05) is 60.2 Å². The molecule has 6 heteroatoms. The molecule has 0 amide bonds. The number of carbonyl (C=O) groups is 1. The predicted molar refractivity (Wildman–Crippen MR) is 123 cm³/mol. The zero-order chi connectivity index (χ0) is 21.5. The van der Waals surface area contributed by atoms with Crippen molar-refractivity contribution in [3.05, 3.63) is 97.0 Å². The van der Waals surface area contributed by atoms with Crippen molar-refractivity contribution >= 4 is 34.5 Å². The molecule has 0 saturated carbocycles. The van der Waals surface area contributed by atoms with Gasteiger partial charge in [0.1, 0.15) is 5.75 Å². The van der Waals surface area contributed by atoms with Gasteiger partial charge in [-0.3, -0.25) is 4.79 Å². The lowest BCUT2D eigenvalue weighted by molar-refractivity contribution is 0.105. The van der Waals surface area contributed by atoms with Crippen LogP contribution in [0.2, 0.25) is 0 Å². The lowest BCUT2D eigenvalue weighted by Gasteiger charge is -2.01. The summed E-state index contributed by atoms with van der Waals surface area (Å²) in [7, 11) is 1.64. The van der Waals surface area contributed by atoms with Crippen LogP contribution in [0, 0.1) is 13.8 Å². The number of H-pyrrole nitrogens is 2. The average Bonchev–Trinajstić information content (AvgIpc) is 3.53. The lowest BCUT2D eigenvalue weighted by atomic mass is 10.0. The Hall–Kier alpha value is -3.64. The highest BCUT2D eigenvalue weighted by molar-refractivity contribution is 7.08. The molecule has 5 rings (SSSR count). The molecule has 31 heavy (non-hydrogen) atoms. The van der Waals surface area contributed by atoms with Crippen LogP contribution in [0.25, 0.3) is 17.3 Å². The molecule has 3 aromatic heterocycles. The molecule has 0 atom stereocenters. The van der Waals surface area contributed by atoms with E-state index >= 15 is 0 Å². The van der Waals surface area contributed by atoms with Gasteiger partial charge >= 0.3 is 0 Å². The summed E-state index contributed by atoms with van der Waals surface area (Å²) in [5, 5.41) is 7.01. The number of para-hydroxylation sites is 1. The Bertz CT molecular complexity index is 1550. The average molecular weight is 428 g/mol. The Labute approximate surface area is 182 Å². The number of carbonyl (C=O) groups excluding carboxylic acids is 1. The molecular formula is C25H21N3O2S. The molecule has 154 valence electrons. The largest absolute Gasteiger partial charge is 0.494 e. The molecule has 0 saturated heterocycles. The monoisotopic (exact) mass is 427 g/mol. The maximum absolute atomic E-state index is 13.4. The molecule has 0 spiro atoms. The molecule has 4 aromatic rings. The summed E-state index contributed by atoms with van der Waals surface area (Å²) in [6, 6.07) is 13.6. The van der Waals surface area contributed by atoms with Crippen LogP contribution < -0.4 is 26.0 Å². The molecule has 0 aliphatic carbocycles. The molecule has 5 nitrogen and oxygen atoms in total. The Morgan fingerprint density at radius 2 is 1.97 bits per heavy atom. The Morgan fingerprint density at radius 1 is 1.13 bits per heavy atom. The van der Waals surface area contributed by atoms with Gasteiger partial charge in [-0.25, -0.2) is 4.99 Å². The van der Waals surface area contributed by atoms with E-state index < -0.39 is 0 Å². The van der Waals surface area contributed by atoms with E-state index in [0.717, 1.165) is 38.2 Å². The highest BCUT2D eigenvalue weighted by Crippen LogP contribution is 2.21. The van der Waals surface area contributed by atoms with Crippen LogP contribution in [0.3, 0.4) is 0 Å². The summed E-state index contributed by atoms with van der Waals surface area (Å²) >= 11 is 1.51. The summed E-state index contributed by atoms with van der Waals surface area (Å²) in [5.74, 6) is 0.669. The molecular weight excluding hydrogens is 406 g/mol. The van der Waals surface area contributed by atoms with Crippen LogP contribution in [0.15, 0.2) is 58.2 Å². The minimum atomic E-state index is -0.0279. The number of hydrogen-bond acceptors (Lipinski definition) is 4. The van der Waals surface area contributed by atoms with Gasteiger partial charge < -0.3 is 14.7 Å². The van der Waals surface area contributed by atoms with Gasteiger partial charge in [-0.15, -0.1) is 0 Å². The number of Topliss-reactive ketones (excluding diaryl/α,β-unsaturated/α-hetero) is 1. The number of thiophene rings is 1. The first-order valence-electron chi connectivity index (χ1n) is 9.96. The number of ether oxygens (including phenoxy) is 1. The first-order chi connectivity index (χ1) is 15.0. The van der Waals surface area contributed by atoms with Gasteiger partial charge in [0.05, 0.1) is 34.4 Å². The zero-order valence-corrected chi connectivity index (χ0v) is 18.3. The van der Waals surface area contributed by atoms with Crippen molar-refractivity contribution in [1.29, 1.82) is 0 Å². The number of nitrogens with one attached hydrogen (secondary N) is 2. The van der Waals surface area contributed by atoms with Crippen molar-refractivity contribution in [3.8, 4) is 5.75 Å². The quantitative estimate of drug-likeness (QED) is 0.491. The summed E-state index contributed by atoms with van der Waals surface area (Å²) < 4.78 is 5.63. The fourth-order valence-electron chi connectivity index (χ4n) is 3.95. The summed E-state index contributed by atoms with van der Waals surface area (Å²) in [6.45, 7) is 4.10. The van der Waals surface area contributed by atoms with Crippen molar-refractivity contribution in [2.45, 2.75) is 13.8 Å². The van der Waals surface area contributed by atoms with Crippen LogP contribution in [0.1, 0.15) is 27.3 Å². The molecule has 0 bridgehead atoms. The van der Waals surface area contributed by atoms with E-state index in [2.05, 4.69) is 23.0 Å². The number of aryl methyl sites for hydroxylation is 2. The molecule has 1 aliphatic heterocycles. The molecule has 4 heterocycles. The minimum absolute atomic E-state index is 0.0279. The van der Waals surface area contributed by atoms with Crippen LogP contribution in [-0.4, -0.2) is 22.9 Å². The predicted octanol–water partition coefficient (Wildman–Crippen LogP) is 2.33. The van der Waals surface area contributed by atoms with E-state index in [-0.39, 0.29) is 5.78 Å². The molecule has 0 fully saturated rings. The number of fused-ring (bicyclic) bond motifs is 1. The number of methoxy groups -OCH3 is 1. The minimum Gasteiger partial charge on any atom is -0.494 e. The summed E-state index contributed by atoms with van der Waals surface area (Å²) in [5.41, 5.74) is 5.18. The molecule has 0 unspecified atom stereocenters. The Kier molecular flexibility index (Phi) is 4.71. The van der Waals surface area contributed by atoms with Gasteiger partial charge in [0, 0.05) is 33.6 Å². The third kappa shape index (κ3) is 3.35. The second-order valence-corrected chi connectivity index (χ2v) is 8.33. The highest BCUT2D eigenvalue weighted by Gasteiger charge is 2.23. The van der Waals surface area contributed by atoms with Gasteiger partial charge in [-0.05, 0) is 49.1 Å². The second-order valence-electron chi connectivity index (χ2n) is 7.55. The van der Waals surface area contributed by atoms with Crippen molar-refractivity contribution in [2.24, 2.45) is 4.99 Å². The van der Waals surface area contributed by atoms with Gasteiger partial charge in [0.15, 0.2) is 5.78 Å². The van der Waals surface area contributed by atoms with Crippen LogP contribution in [0.4, 0.5) is 0 Å². The third-order valence-corrected chi connectivity index (χ3v) is 6.10. The number of hydrogen-bond donors (Lipinski definition) is 2. The number of rotatable bonds is 4. The first-order valence-corrected chi connectivity index (χ1v) is 10.9. The number of nitrogens with zero attached hydrogens (tertiary/aromatic N) is 1. The van der Waals surface area contributed by atoms with Gasteiger partial charge in [-0.2, -0.15) is 11.3 Å². The SMILES string of the molecule is COc1c/c(=C2/N=c3ccccc3=C2C(=O)c2ccsc2)[nH]/c1=C\c1[nH]c(C)cc1C. The van der Waals surface area contributed by atoms with E-state index in [1.165, 1.54) is 11.3 Å². The fourth-order valence-corrected chi connectivity index (χ4v) is 4.58. The lowest BCUT2D eigenvalue weighted by Crippen LogP contribution is -2.24. The topological polar surface area (TPSA) is 70.2 Å². The first kappa shape index (κ1) is 19.3. The van der Waals surface area contributed by atoms with Crippen molar-refractivity contribution < 1.29 is 9.53 Å². The van der Waals surface area contributed by atoms with E-state index in [4.69, 9.17) is 9.73 Å². The van der Waals surface area contributed by atoms with Gasteiger partial charge in [0.25, 0.3) is 0 Å². The van der Waals surface area contributed by atoms with E-state index in [1.54, 1.807) is 7.11 Å².